The summed E-state index contributed by atoms with van der Waals surface area (Å²) in [5, 5.41) is 3.26. The fourth-order valence-corrected chi connectivity index (χ4v) is 1.44. The third-order valence-electron chi connectivity index (χ3n) is 2.63. The van der Waals surface area contributed by atoms with Crippen LogP contribution in [0.25, 0.3) is 0 Å². The number of rotatable bonds is 3. The van der Waals surface area contributed by atoms with E-state index < -0.39 is 0 Å². The molecule has 0 amide bonds. The largest absolute Gasteiger partial charge is 0.381 e. The summed E-state index contributed by atoms with van der Waals surface area (Å²) in [4.78, 5) is 0. The first-order chi connectivity index (χ1) is 4.77. The molecule has 2 heteroatoms. The Morgan fingerprint density at radius 1 is 1.50 bits per heavy atom. The van der Waals surface area contributed by atoms with Crippen molar-refractivity contribution in [1.29, 1.82) is 0 Å². The lowest BCUT2D eigenvalue weighted by Gasteiger charge is -2.37. The standard InChI is InChI=1S/C8H17NO/c1-6(9-2)7-4-8(5-7)10-3/h6-9H,4-5H2,1-3H3/t6-,7-,8-/m1/s1. The Kier molecular flexibility index (Phi) is 2.69. The molecule has 0 aromatic rings. The maximum absolute atomic E-state index is 5.18. The molecule has 0 aliphatic heterocycles. The molecular formula is C8H17NO. The summed E-state index contributed by atoms with van der Waals surface area (Å²) in [6.45, 7) is 2.23. The van der Waals surface area contributed by atoms with Gasteiger partial charge >= 0.3 is 0 Å². The summed E-state index contributed by atoms with van der Waals surface area (Å²) in [6.07, 6.45) is 3.01. The number of ether oxygens (including phenoxy) is 1. The molecule has 0 radical (unpaired) electrons. The average Bonchev–Trinajstić information content (AvgIpc) is 1.85. The van der Waals surface area contributed by atoms with E-state index in [1.54, 1.807) is 7.11 Å². The van der Waals surface area contributed by atoms with E-state index in [0.29, 0.717) is 12.1 Å². The molecule has 1 saturated carbocycles. The topological polar surface area (TPSA) is 21.3 Å². The summed E-state index contributed by atoms with van der Waals surface area (Å²) >= 11 is 0. The van der Waals surface area contributed by atoms with Crippen molar-refractivity contribution in [1.82, 2.24) is 5.32 Å². The van der Waals surface area contributed by atoms with Crippen LogP contribution in [0.4, 0.5) is 0 Å². The molecule has 1 atom stereocenters. The molecule has 1 aliphatic rings. The molecule has 0 unspecified atom stereocenters. The van der Waals surface area contributed by atoms with E-state index in [1.807, 2.05) is 7.05 Å². The van der Waals surface area contributed by atoms with Crippen molar-refractivity contribution in [3.05, 3.63) is 0 Å². The highest BCUT2D eigenvalue weighted by Crippen LogP contribution is 2.31. The molecule has 60 valence electrons. The molecule has 10 heavy (non-hydrogen) atoms. The van der Waals surface area contributed by atoms with Crippen LogP contribution in [0.5, 0.6) is 0 Å². The number of hydrogen-bond acceptors (Lipinski definition) is 2. The van der Waals surface area contributed by atoms with E-state index in [4.69, 9.17) is 4.74 Å². The van der Waals surface area contributed by atoms with Gasteiger partial charge < -0.3 is 10.1 Å². The number of hydrogen-bond donors (Lipinski definition) is 1. The van der Waals surface area contributed by atoms with Crippen molar-refractivity contribution < 1.29 is 4.74 Å². The van der Waals surface area contributed by atoms with E-state index in [0.717, 1.165) is 5.92 Å². The molecule has 0 aromatic carbocycles. The third-order valence-corrected chi connectivity index (χ3v) is 2.63. The Bertz CT molecular complexity index is 99.4. The second kappa shape index (κ2) is 3.35. The van der Waals surface area contributed by atoms with Crippen molar-refractivity contribution in [3.8, 4) is 0 Å². The van der Waals surface area contributed by atoms with Crippen LogP contribution in [-0.4, -0.2) is 26.3 Å². The molecule has 0 heterocycles. The maximum Gasteiger partial charge on any atom is 0.0577 e. The third kappa shape index (κ3) is 1.50. The van der Waals surface area contributed by atoms with Crippen molar-refractivity contribution >= 4 is 0 Å². The lowest BCUT2D eigenvalue weighted by molar-refractivity contribution is -0.00895. The number of nitrogens with one attached hydrogen (secondary N) is 1. The molecular weight excluding hydrogens is 126 g/mol. The minimum Gasteiger partial charge on any atom is -0.381 e. The molecule has 1 fully saturated rings. The monoisotopic (exact) mass is 143 g/mol. The molecule has 0 aromatic heterocycles. The summed E-state index contributed by atoms with van der Waals surface area (Å²) in [5.74, 6) is 0.843. The van der Waals surface area contributed by atoms with E-state index in [9.17, 15) is 0 Å². The van der Waals surface area contributed by atoms with E-state index >= 15 is 0 Å². The SMILES string of the molecule is CN[C@H](C)[C@H]1C[C@H](OC)C1. The van der Waals surface area contributed by atoms with Crippen LogP contribution in [-0.2, 0) is 4.74 Å². The summed E-state index contributed by atoms with van der Waals surface area (Å²) in [5.41, 5.74) is 0. The van der Waals surface area contributed by atoms with Crippen LogP contribution >= 0.6 is 0 Å². The summed E-state index contributed by atoms with van der Waals surface area (Å²) in [7, 11) is 3.82. The molecule has 0 bridgehead atoms. The van der Waals surface area contributed by atoms with Crippen molar-refractivity contribution in [3.63, 3.8) is 0 Å². The predicted octanol–water partition coefficient (Wildman–Crippen LogP) is 1.02. The van der Waals surface area contributed by atoms with Crippen LogP contribution in [0.2, 0.25) is 0 Å². The number of methoxy groups -OCH3 is 1. The van der Waals surface area contributed by atoms with Gasteiger partial charge in [-0.15, -0.1) is 0 Å². The van der Waals surface area contributed by atoms with Crippen LogP contribution in [0, 0.1) is 5.92 Å². The van der Waals surface area contributed by atoms with Gasteiger partial charge in [0.2, 0.25) is 0 Å². The molecule has 2 nitrogen and oxygen atoms in total. The zero-order valence-corrected chi connectivity index (χ0v) is 7.05. The van der Waals surface area contributed by atoms with Gasteiger partial charge in [-0.3, -0.25) is 0 Å². The zero-order chi connectivity index (χ0) is 7.56. The van der Waals surface area contributed by atoms with Gasteiger partial charge in [0, 0.05) is 13.2 Å². The quantitative estimate of drug-likeness (QED) is 0.637. The van der Waals surface area contributed by atoms with Gasteiger partial charge in [0.15, 0.2) is 0 Å². The predicted molar refractivity (Wildman–Crippen MR) is 42.0 cm³/mol. The van der Waals surface area contributed by atoms with Crippen LogP contribution < -0.4 is 5.32 Å². The van der Waals surface area contributed by atoms with Crippen LogP contribution in [0.15, 0.2) is 0 Å². The lowest BCUT2D eigenvalue weighted by Crippen LogP contribution is -2.42. The Balaban J connectivity index is 2.13. The summed E-state index contributed by atoms with van der Waals surface area (Å²) in [6, 6.07) is 0.659. The highest BCUT2D eigenvalue weighted by molar-refractivity contribution is 4.85. The van der Waals surface area contributed by atoms with Gasteiger partial charge in [0.05, 0.1) is 6.10 Å². The smallest absolute Gasteiger partial charge is 0.0577 e. The van der Waals surface area contributed by atoms with E-state index in [-0.39, 0.29) is 0 Å². The van der Waals surface area contributed by atoms with Gasteiger partial charge in [-0.1, -0.05) is 0 Å². The Morgan fingerprint density at radius 2 is 2.10 bits per heavy atom. The minimum atomic E-state index is 0.542. The first-order valence-corrected chi connectivity index (χ1v) is 3.98. The molecule has 0 spiro atoms. The van der Waals surface area contributed by atoms with Crippen molar-refractivity contribution in [2.24, 2.45) is 5.92 Å². The average molecular weight is 143 g/mol. The second-order valence-electron chi connectivity index (χ2n) is 3.17. The van der Waals surface area contributed by atoms with Gasteiger partial charge in [-0.2, -0.15) is 0 Å². The highest BCUT2D eigenvalue weighted by atomic mass is 16.5. The Labute approximate surface area is 63.0 Å². The van der Waals surface area contributed by atoms with Gasteiger partial charge in [0.25, 0.3) is 0 Å². The summed E-state index contributed by atoms with van der Waals surface area (Å²) < 4.78 is 5.18. The maximum atomic E-state index is 5.18. The molecule has 1 N–H and O–H groups in total. The fourth-order valence-electron chi connectivity index (χ4n) is 1.44. The molecule has 1 rings (SSSR count). The van der Waals surface area contributed by atoms with Crippen LogP contribution in [0.3, 0.4) is 0 Å². The van der Waals surface area contributed by atoms with Gasteiger partial charge in [-0.05, 0) is 32.7 Å². The van der Waals surface area contributed by atoms with Crippen molar-refractivity contribution in [2.45, 2.75) is 31.9 Å². The molecule has 0 saturated heterocycles. The van der Waals surface area contributed by atoms with Crippen LogP contribution in [0.1, 0.15) is 19.8 Å². The lowest BCUT2D eigenvalue weighted by atomic mass is 9.78. The van der Waals surface area contributed by atoms with E-state index in [1.165, 1.54) is 12.8 Å². The molecule has 1 aliphatic carbocycles. The normalized spacial score (nSPS) is 35.1. The highest BCUT2D eigenvalue weighted by Gasteiger charge is 2.31. The Hall–Kier alpha value is -0.0800. The first kappa shape index (κ1) is 8.02. The van der Waals surface area contributed by atoms with Crippen molar-refractivity contribution in [2.75, 3.05) is 14.2 Å². The Morgan fingerprint density at radius 3 is 2.50 bits per heavy atom. The second-order valence-corrected chi connectivity index (χ2v) is 3.17. The van der Waals surface area contributed by atoms with Gasteiger partial charge in [0.1, 0.15) is 0 Å². The van der Waals surface area contributed by atoms with Gasteiger partial charge in [-0.25, -0.2) is 0 Å². The van der Waals surface area contributed by atoms with E-state index in [2.05, 4.69) is 12.2 Å². The zero-order valence-electron chi connectivity index (χ0n) is 7.05. The first-order valence-electron chi connectivity index (χ1n) is 3.98. The fraction of sp³-hybridized carbons (Fsp3) is 1.00. The minimum absolute atomic E-state index is 0.542.